The van der Waals surface area contributed by atoms with E-state index in [-0.39, 0.29) is 16.5 Å². The summed E-state index contributed by atoms with van der Waals surface area (Å²) in [6.07, 6.45) is 2.38. The van der Waals surface area contributed by atoms with Crippen molar-refractivity contribution < 1.29 is 26.6 Å². The van der Waals surface area contributed by atoms with Gasteiger partial charge in [0.1, 0.15) is 10.8 Å². The van der Waals surface area contributed by atoms with Crippen LogP contribution in [-0.2, 0) is 19.8 Å². The number of ether oxygens (including phenoxy) is 1. The fraction of sp³-hybridized carbons (Fsp3) is 0.455. The Kier molecular flexibility index (Phi) is 4.66. The number of methoxy groups -OCH3 is 1. The number of hydrogen-bond donors (Lipinski definition) is 0. The Morgan fingerprint density at radius 2 is 2.23 bits per heavy atom. The van der Waals surface area contributed by atoms with Crippen LogP contribution in [0.2, 0.25) is 0 Å². The number of thioether (sulfide) groups is 1. The maximum atomic E-state index is 13.1. The van der Waals surface area contributed by atoms with Crippen LogP contribution >= 0.6 is 11.8 Å². The fourth-order valence-electron chi connectivity index (χ4n) is 1.98. The summed E-state index contributed by atoms with van der Waals surface area (Å²) >= 11 is 1.17. The van der Waals surface area contributed by atoms with Crippen LogP contribution in [0.15, 0.2) is 11.4 Å². The van der Waals surface area contributed by atoms with E-state index in [4.69, 9.17) is 0 Å². The molecular weight excluding hydrogens is 337 g/mol. The third-order valence-electron chi connectivity index (χ3n) is 3.08. The molecule has 0 saturated carbocycles. The van der Waals surface area contributed by atoms with Gasteiger partial charge in [-0.15, -0.1) is 3.89 Å². The van der Waals surface area contributed by atoms with Crippen molar-refractivity contribution in [1.29, 1.82) is 0 Å². The number of nitrogens with zero attached hydrogens (tertiary/aromatic N) is 3. The summed E-state index contributed by atoms with van der Waals surface area (Å²) in [4.78, 5) is 32.6. The lowest BCUT2D eigenvalue weighted by molar-refractivity contribution is -0.117. The van der Waals surface area contributed by atoms with Crippen molar-refractivity contribution in [2.75, 3.05) is 24.8 Å². The van der Waals surface area contributed by atoms with Crippen molar-refractivity contribution in [2.24, 2.45) is 0 Å². The van der Waals surface area contributed by atoms with Gasteiger partial charge in [0.2, 0.25) is 5.91 Å². The van der Waals surface area contributed by atoms with Crippen molar-refractivity contribution in [3.63, 3.8) is 0 Å². The number of halogens is 1. The number of carbonyl (C=O) groups is 2. The molecule has 0 N–H and O–H groups in total. The topological polar surface area (TPSA) is 107 Å². The van der Waals surface area contributed by atoms with Gasteiger partial charge in [0.25, 0.3) is 0 Å². The molecule has 0 bridgehead atoms. The highest BCUT2D eigenvalue weighted by Gasteiger charge is 2.41. The first-order valence-electron chi connectivity index (χ1n) is 6.01. The first kappa shape index (κ1) is 16.6. The molecule has 11 heteroatoms. The molecule has 1 fully saturated rings. The zero-order chi connectivity index (χ0) is 16.5. The first-order chi connectivity index (χ1) is 10.3. The Bertz CT molecular complexity index is 724. The SMILES string of the molecule is COC(=O)c1cnc(SC)nc1N1CC(S(=O)(=O)F)CC1=O. The molecule has 1 aromatic rings. The predicted molar refractivity (Wildman–Crippen MR) is 75.9 cm³/mol. The minimum Gasteiger partial charge on any atom is -0.465 e. The molecule has 0 spiro atoms. The van der Waals surface area contributed by atoms with Crippen molar-refractivity contribution in [2.45, 2.75) is 16.8 Å². The van der Waals surface area contributed by atoms with E-state index < -0.39 is 40.3 Å². The minimum atomic E-state index is -4.86. The van der Waals surface area contributed by atoms with Gasteiger partial charge in [-0.25, -0.2) is 14.8 Å². The van der Waals surface area contributed by atoms with Gasteiger partial charge in [-0.1, -0.05) is 11.8 Å². The molecule has 1 unspecified atom stereocenters. The van der Waals surface area contributed by atoms with Crippen LogP contribution in [0.3, 0.4) is 0 Å². The number of esters is 1. The number of anilines is 1. The molecule has 8 nitrogen and oxygen atoms in total. The molecule has 1 aliphatic rings. The number of amides is 1. The van der Waals surface area contributed by atoms with Crippen LogP contribution in [0, 0.1) is 0 Å². The summed E-state index contributed by atoms with van der Waals surface area (Å²) in [5.74, 6) is -1.49. The van der Waals surface area contributed by atoms with Crippen LogP contribution in [0.5, 0.6) is 0 Å². The molecule has 1 amide bonds. The van der Waals surface area contributed by atoms with Crippen LogP contribution in [0.25, 0.3) is 0 Å². The quantitative estimate of drug-likeness (QED) is 0.333. The largest absolute Gasteiger partial charge is 0.465 e. The zero-order valence-electron chi connectivity index (χ0n) is 11.6. The minimum absolute atomic E-state index is 0.0812. The van der Waals surface area contributed by atoms with Gasteiger partial charge < -0.3 is 4.74 Å². The average Bonchev–Trinajstić information content (AvgIpc) is 2.87. The second-order valence-electron chi connectivity index (χ2n) is 4.39. The van der Waals surface area contributed by atoms with Crippen molar-refractivity contribution >= 4 is 39.7 Å². The monoisotopic (exact) mass is 349 g/mol. The van der Waals surface area contributed by atoms with E-state index in [0.29, 0.717) is 0 Å². The number of hydrogen-bond acceptors (Lipinski definition) is 8. The molecule has 2 heterocycles. The summed E-state index contributed by atoms with van der Waals surface area (Å²) in [5, 5.41) is -1.19. The lowest BCUT2D eigenvalue weighted by atomic mass is 10.3. The summed E-state index contributed by atoms with van der Waals surface area (Å²) in [6, 6.07) is 0. The molecule has 120 valence electrons. The van der Waals surface area contributed by atoms with Crippen LogP contribution < -0.4 is 4.90 Å². The Morgan fingerprint density at radius 3 is 2.73 bits per heavy atom. The number of carbonyl (C=O) groups excluding carboxylic acids is 2. The maximum absolute atomic E-state index is 13.1. The van der Waals surface area contributed by atoms with Crippen LogP contribution in [0.1, 0.15) is 16.8 Å². The molecule has 1 saturated heterocycles. The van der Waals surface area contributed by atoms with Gasteiger partial charge in [-0.3, -0.25) is 9.69 Å². The van der Waals surface area contributed by atoms with E-state index in [1.807, 2.05) is 0 Å². The Morgan fingerprint density at radius 1 is 1.55 bits per heavy atom. The smallest absolute Gasteiger partial charge is 0.343 e. The van der Waals surface area contributed by atoms with E-state index in [2.05, 4.69) is 14.7 Å². The predicted octanol–water partition coefficient (Wildman–Crippen LogP) is 0.390. The third kappa shape index (κ3) is 3.19. The van der Waals surface area contributed by atoms with Gasteiger partial charge >= 0.3 is 16.2 Å². The first-order valence-corrected chi connectivity index (χ1v) is 8.68. The highest BCUT2D eigenvalue weighted by molar-refractivity contribution is 7.98. The second kappa shape index (κ2) is 6.16. The number of rotatable bonds is 4. The molecule has 2 rings (SSSR count). The molecule has 22 heavy (non-hydrogen) atoms. The van der Waals surface area contributed by atoms with E-state index >= 15 is 0 Å². The summed E-state index contributed by atoms with van der Waals surface area (Å²) in [5.41, 5.74) is -0.0921. The lowest BCUT2D eigenvalue weighted by Gasteiger charge is -2.17. The highest BCUT2D eigenvalue weighted by atomic mass is 32.3. The van der Waals surface area contributed by atoms with E-state index in [1.54, 1.807) is 6.26 Å². The molecule has 1 atom stereocenters. The van der Waals surface area contributed by atoms with Crippen molar-refractivity contribution in [1.82, 2.24) is 9.97 Å². The molecule has 0 aliphatic carbocycles. The molecule has 1 aromatic heterocycles. The van der Waals surface area contributed by atoms with Crippen LogP contribution in [0.4, 0.5) is 9.70 Å². The standard InChI is InChI=1S/C11H12FN3O5S2/c1-20-10(17)7-4-13-11(21-2)14-9(7)15-5-6(3-8(15)16)22(12,18)19/h4,6H,3,5H2,1-2H3. The zero-order valence-corrected chi connectivity index (χ0v) is 13.3. The van der Waals surface area contributed by atoms with E-state index in [9.17, 15) is 21.9 Å². The normalized spacial score (nSPS) is 18.6. The van der Waals surface area contributed by atoms with Gasteiger partial charge in [0.05, 0.1) is 7.11 Å². The summed E-state index contributed by atoms with van der Waals surface area (Å²) < 4.78 is 39.6. The Labute approximate surface area is 130 Å². The lowest BCUT2D eigenvalue weighted by Crippen LogP contribution is -2.30. The van der Waals surface area contributed by atoms with Gasteiger partial charge in [0.15, 0.2) is 11.0 Å². The van der Waals surface area contributed by atoms with Crippen LogP contribution in [-0.4, -0.2) is 55.4 Å². The Balaban J connectivity index is 2.47. The van der Waals surface area contributed by atoms with E-state index in [0.717, 1.165) is 12.0 Å². The number of aromatic nitrogens is 2. The molecule has 0 radical (unpaired) electrons. The highest BCUT2D eigenvalue weighted by Crippen LogP contribution is 2.28. The van der Waals surface area contributed by atoms with Crippen molar-refractivity contribution in [3.05, 3.63) is 11.8 Å². The van der Waals surface area contributed by atoms with E-state index in [1.165, 1.54) is 18.0 Å². The average molecular weight is 349 g/mol. The summed E-state index contributed by atoms with van der Waals surface area (Å²) in [6.45, 7) is -0.410. The maximum Gasteiger partial charge on any atom is 0.343 e. The fourth-order valence-corrected chi connectivity index (χ4v) is 2.99. The molecule has 0 aromatic carbocycles. The van der Waals surface area contributed by atoms with Gasteiger partial charge in [-0.05, 0) is 6.26 Å². The summed E-state index contributed by atoms with van der Waals surface area (Å²) in [7, 11) is -3.71. The molecule has 1 aliphatic heterocycles. The van der Waals surface area contributed by atoms with Crippen molar-refractivity contribution in [3.8, 4) is 0 Å². The second-order valence-corrected chi connectivity index (χ2v) is 6.78. The molecular formula is C11H12FN3O5S2. The van der Waals surface area contributed by atoms with Gasteiger partial charge in [0, 0.05) is 19.2 Å². The Hall–Kier alpha value is -1.75. The third-order valence-corrected chi connectivity index (χ3v) is 4.75. The van der Waals surface area contributed by atoms with Gasteiger partial charge in [-0.2, -0.15) is 8.42 Å².